The number of hydrogen-bond acceptors (Lipinski definition) is 5. The number of aliphatic hydroxyl groups excluding tert-OH is 4. The molecule has 0 aliphatic rings. The molecule has 4 N–H and O–H groups in total. The van der Waals surface area contributed by atoms with Crippen molar-refractivity contribution in [1.29, 1.82) is 0 Å². The van der Waals surface area contributed by atoms with Gasteiger partial charge in [0, 0.05) is 18.6 Å². The van der Waals surface area contributed by atoms with E-state index in [0.717, 1.165) is 6.42 Å². The van der Waals surface area contributed by atoms with Gasteiger partial charge in [0.15, 0.2) is 0 Å². The third-order valence-corrected chi connectivity index (χ3v) is 3.10. The van der Waals surface area contributed by atoms with Crippen LogP contribution in [0.5, 0.6) is 0 Å². The van der Waals surface area contributed by atoms with E-state index in [4.69, 9.17) is 10.2 Å². The van der Waals surface area contributed by atoms with Crippen molar-refractivity contribution >= 4 is 0 Å². The fourth-order valence-electron chi connectivity index (χ4n) is 2.60. The zero-order valence-corrected chi connectivity index (χ0v) is 12.9. The Morgan fingerprint density at radius 3 is 1.47 bits per heavy atom. The molecule has 0 saturated carbocycles. The Balaban J connectivity index is 4.87. The Kier molecular flexibility index (Phi) is 7.47. The second-order valence-electron chi connectivity index (χ2n) is 7.13. The highest BCUT2D eigenvalue weighted by molar-refractivity contribution is 4.88. The van der Waals surface area contributed by atoms with Crippen LogP contribution < -0.4 is 0 Å². The van der Waals surface area contributed by atoms with Gasteiger partial charge in [0.1, 0.15) is 0 Å². The fourth-order valence-corrected chi connectivity index (χ4v) is 2.60. The van der Waals surface area contributed by atoms with Crippen LogP contribution in [0.2, 0.25) is 0 Å². The smallest absolute Gasteiger partial charge is 0.0897 e. The van der Waals surface area contributed by atoms with E-state index in [2.05, 4.69) is 20.8 Å². The number of β-amino-alcohol motifs (C(OH)–C–C–N with tert-alkyl or cyclic N) is 2. The summed E-state index contributed by atoms with van der Waals surface area (Å²) in [5.74, 6) is 0. The lowest BCUT2D eigenvalue weighted by atomic mass is 9.80. The van der Waals surface area contributed by atoms with Crippen LogP contribution in [-0.2, 0) is 0 Å². The van der Waals surface area contributed by atoms with Crippen LogP contribution in [-0.4, -0.2) is 69.4 Å². The van der Waals surface area contributed by atoms with Gasteiger partial charge in [0.25, 0.3) is 0 Å². The van der Waals surface area contributed by atoms with Crippen LogP contribution in [0, 0.1) is 5.41 Å². The molecule has 2 atom stereocenters. The first-order valence-electron chi connectivity index (χ1n) is 6.85. The SMILES string of the molecule is CC(C)(C)CC(C)(C)N(CC(O)CO)CC(O)CO. The Hall–Kier alpha value is -0.200. The van der Waals surface area contributed by atoms with Crippen molar-refractivity contribution in [3.8, 4) is 0 Å². The molecular formula is C14H31NO4. The molecule has 0 bridgehead atoms. The first-order valence-corrected chi connectivity index (χ1v) is 6.85. The number of hydrogen-bond donors (Lipinski definition) is 4. The molecule has 0 amide bonds. The van der Waals surface area contributed by atoms with Gasteiger partial charge in [-0.05, 0) is 25.7 Å². The highest BCUT2D eigenvalue weighted by Gasteiger charge is 2.33. The molecule has 0 aromatic heterocycles. The topological polar surface area (TPSA) is 84.2 Å². The molecule has 0 heterocycles. The predicted molar refractivity (Wildman–Crippen MR) is 75.9 cm³/mol. The summed E-state index contributed by atoms with van der Waals surface area (Å²) in [6.07, 6.45) is -0.814. The summed E-state index contributed by atoms with van der Waals surface area (Å²) >= 11 is 0. The molecule has 2 unspecified atom stereocenters. The summed E-state index contributed by atoms with van der Waals surface area (Å²) < 4.78 is 0. The van der Waals surface area contributed by atoms with Crippen LogP contribution >= 0.6 is 0 Å². The van der Waals surface area contributed by atoms with Crippen molar-refractivity contribution in [2.45, 2.75) is 58.8 Å². The zero-order valence-electron chi connectivity index (χ0n) is 12.9. The molecule has 0 radical (unpaired) electrons. The predicted octanol–water partition coefficient (Wildman–Crippen LogP) is 0.210. The maximum Gasteiger partial charge on any atom is 0.0897 e. The van der Waals surface area contributed by atoms with Crippen molar-refractivity contribution in [2.75, 3.05) is 26.3 Å². The van der Waals surface area contributed by atoms with Crippen molar-refractivity contribution in [2.24, 2.45) is 5.41 Å². The molecule has 116 valence electrons. The average molecular weight is 277 g/mol. The van der Waals surface area contributed by atoms with Crippen molar-refractivity contribution in [3.63, 3.8) is 0 Å². The van der Waals surface area contributed by atoms with Gasteiger partial charge in [-0.2, -0.15) is 0 Å². The molecular weight excluding hydrogens is 246 g/mol. The van der Waals surface area contributed by atoms with Gasteiger partial charge in [0.05, 0.1) is 25.4 Å². The summed E-state index contributed by atoms with van der Waals surface area (Å²) in [6.45, 7) is 10.4. The summed E-state index contributed by atoms with van der Waals surface area (Å²) in [5.41, 5.74) is -0.138. The van der Waals surface area contributed by atoms with Crippen molar-refractivity contribution in [3.05, 3.63) is 0 Å². The first kappa shape index (κ1) is 18.8. The number of nitrogens with zero attached hydrogens (tertiary/aromatic N) is 1. The van der Waals surface area contributed by atoms with Gasteiger partial charge in [0.2, 0.25) is 0 Å². The van der Waals surface area contributed by atoms with E-state index < -0.39 is 12.2 Å². The number of aliphatic hydroxyl groups is 4. The minimum absolute atomic E-state index is 0.107. The normalized spacial score (nSPS) is 16.7. The lowest BCUT2D eigenvalue weighted by Gasteiger charge is -2.43. The molecule has 0 aliphatic carbocycles. The minimum Gasteiger partial charge on any atom is -0.394 e. The molecule has 5 heteroatoms. The van der Waals surface area contributed by atoms with Crippen LogP contribution in [0.3, 0.4) is 0 Å². The van der Waals surface area contributed by atoms with Gasteiger partial charge in [-0.1, -0.05) is 20.8 Å². The molecule has 0 fully saturated rings. The van der Waals surface area contributed by atoms with Gasteiger partial charge in [-0.3, -0.25) is 4.90 Å². The maximum atomic E-state index is 9.64. The van der Waals surface area contributed by atoms with Crippen LogP contribution in [0.15, 0.2) is 0 Å². The van der Waals surface area contributed by atoms with Crippen LogP contribution in [0.4, 0.5) is 0 Å². The Bertz CT molecular complexity index is 238. The van der Waals surface area contributed by atoms with E-state index in [1.807, 2.05) is 18.7 Å². The molecule has 0 aliphatic heterocycles. The standard InChI is InChI=1S/C14H31NO4/c1-13(2,3)10-14(4,5)15(6-11(18)8-16)7-12(19)9-17/h11-12,16-19H,6-10H2,1-5H3. The van der Waals surface area contributed by atoms with Crippen LogP contribution in [0.1, 0.15) is 41.0 Å². The van der Waals surface area contributed by atoms with E-state index in [-0.39, 0.29) is 37.3 Å². The van der Waals surface area contributed by atoms with Gasteiger partial charge in [-0.15, -0.1) is 0 Å². The van der Waals surface area contributed by atoms with E-state index in [9.17, 15) is 10.2 Å². The van der Waals surface area contributed by atoms with Crippen molar-refractivity contribution < 1.29 is 20.4 Å². The fraction of sp³-hybridized carbons (Fsp3) is 1.00. The van der Waals surface area contributed by atoms with Gasteiger partial charge in [-0.25, -0.2) is 0 Å². The van der Waals surface area contributed by atoms with E-state index in [1.165, 1.54) is 0 Å². The van der Waals surface area contributed by atoms with Gasteiger partial charge < -0.3 is 20.4 Å². The molecule has 19 heavy (non-hydrogen) atoms. The quantitative estimate of drug-likeness (QED) is 0.510. The highest BCUT2D eigenvalue weighted by Crippen LogP contribution is 2.31. The Labute approximate surface area is 116 Å². The highest BCUT2D eigenvalue weighted by atomic mass is 16.3. The summed E-state index contributed by atoms with van der Waals surface area (Å²) in [7, 11) is 0. The van der Waals surface area contributed by atoms with Crippen molar-refractivity contribution in [1.82, 2.24) is 4.90 Å². The summed E-state index contributed by atoms with van der Waals surface area (Å²) in [5, 5.41) is 37.2. The third kappa shape index (κ3) is 7.84. The molecule has 0 spiro atoms. The van der Waals surface area contributed by atoms with Gasteiger partial charge >= 0.3 is 0 Å². The largest absolute Gasteiger partial charge is 0.394 e. The summed E-state index contributed by atoms with van der Waals surface area (Å²) in [4.78, 5) is 1.93. The summed E-state index contributed by atoms with van der Waals surface area (Å²) in [6, 6.07) is 0. The van der Waals surface area contributed by atoms with E-state index in [1.54, 1.807) is 0 Å². The Morgan fingerprint density at radius 1 is 0.842 bits per heavy atom. The third-order valence-electron chi connectivity index (χ3n) is 3.10. The monoisotopic (exact) mass is 277 g/mol. The maximum absolute atomic E-state index is 9.64. The molecule has 5 nitrogen and oxygen atoms in total. The Morgan fingerprint density at radius 2 is 1.21 bits per heavy atom. The molecule has 0 saturated heterocycles. The second kappa shape index (κ2) is 7.55. The lowest BCUT2D eigenvalue weighted by Crippen LogP contribution is -2.53. The molecule has 0 aromatic rings. The van der Waals surface area contributed by atoms with Crippen LogP contribution in [0.25, 0.3) is 0 Å². The number of rotatable bonds is 8. The average Bonchev–Trinajstić information content (AvgIpc) is 2.24. The molecule has 0 aromatic carbocycles. The lowest BCUT2D eigenvalue weighted by molar-refractivity contribution is -0.0264. The first-order chi connectivity index (χ1) is 8.51. The minimum atomic E-state index is -0.842. The zero-order chi connectivity index (χ0) is 15.3. The molecule has 0 rings (SSSR count). The van der Waals surface area contributed by atoms with E-state index in [0.29, 0.717) is 0 Å². The van der Waals surface area contributed by atoms with E-state index >= 15 is 0 Å². The second-order valence-corrected chi connectivity index (χ2v) is 7.13.